The van der Waals surface area contributed by atoms with Gasteiger partial charge in [0.05, 0.1) is 11.6 Å². The van der Waals surface area contributed by atoms with E-state index < -0.39 is 11.8 Å². The molecule has 1 aromatic carbocycles. The number of benzene rings is 1. The van der Waals surface area contributed by atoms with Gasteiger partial charge in [-0.2, -0.15) is 0 Å². The first-order valence-electron chi connectivity index (χ1n) is 6.29. The molecular weight excluding hydrogens is 297 g/mol. The molecule has 0 saturated heterocycles. The Kier molecular flexibility index (Phi) is 4.75. The second kappa shape index (κ2) is 6.54. The van der Waals surface area contributed by atoms with Crippen LogP contribution in [0, 0.1) is 12.7 Å². The first-order chi connectivity index (χ1) is 10.0. The van der Waals surface area contributed by atoms with E-state index >= 15 is 0 Å². The molecule has 21 heavy (non-hydrogen) atoms. The van der Waals surface area contributed by atoms with E-state index in [0.717, 1.165) is 0 Å². The average molecular weight is 310 g/mol. The van der Waals surface area contributed by atoms with Gasteiger partial charge in [0.1, 0.15) is 5.82 Å². The Morgan fingerprint density at radius 1 is 1.48 bits per heavy atom. The third-order valence-corrected chi connectivity index (χ3v) is 3.08. The largest absolute Gasteiger partial charge is 0.461 e. The summed E-state index contributed by atoms with van der Waals surface area (Å²) in [6, 6.07) is 4.63. The molecule has 0 saturated carbocycles. The summed E-state index contributed by atoms with van der Waals surface area (Å²) < 4.78 is 23.7. The third-order valence-electron chi connectivity index (χ3n) is 2.75. The van der Waals surface area contributed by atoms with Crippen molar-refractivity contribution in [1.29, 1.82) is 0 Å². The van der Waals surface area contributed by atoms with Gasteiger partial charge in [0.25, 0.3) is 0 Å². The van der Waals surface area contributed by atoms with Gasteiger partial charge >= 0.3 is 5.97 Å². The SMILES string of the molecule is CCOC(=O)c1cc(/C=C/c2c(Cl)ccc(C)c2F)on1. The lowest BCUT2D eigenvalue weighted by Crippen LogP contribution is -2.04. The highest BCUT2D eigenvalue weighted by atomic mass is 35.5. The molecule has 4 nitrogen and oxygen atoms in total. The Labute approximate surface area is 126 Å². The highest BCUT2D eigenvalue weighted by molar-refractivity contribution is 6.32. The summed E-state index contributed by atoms with van der Waals surface area (Å²) >= 11 is 5.95. The van der Waals surface area contributed by atoms with E-state index in [0.29, 0.717) is 16.3 Å². The number of esters is 1. The Morgan fingerprint density at radius 3 is 2.95 bits per heavy atom. The molecule has 0 radical (unpaired) electrons. The number of hydrogen-bond donors (Lipinski definition) is 0. The Balaban J connectivity index is 2.23. The molecule has 1 aromatic heterocycles. The molecule has 0 spiro atoms. The van der Waals surface area contributed by atoms with Gasteiger partial charge in [-0.15, -0.1) is 0 Å². The molecular formula is C15H13ClFNO3. The zero-order valence-electron chi connectivity index (χ0n) is 11.5. The number of aryl methyl sites for hydroxylation is 1. The van der Waals surface area contributed by atoms with Crippen LogP contribution in [0.1, 0.15) is 34.3 Å². The van der Waals surface area contributed by atoms with Gasteiger partial charge in [-0.05, 0) is 37.6 Å². The molecule has 6 heteroatoms. The molecule has 0 fully saturated rings. The van der Waals surface area contributed by atoms with Crippen LogP contribution in [0.25, 0.3) is 12.2 Å². The van der Waals surface area contributed by atoms with E-state index in [9.17, 15) is 9.18 Å². The standard InChI is InChI=1S/C15H13ClFNO3/c1-3-20-15(19)13-8-10(21-18-13)5-6-11-12(16)7-4-9(2)14(11)17/h4-8H,3H2,1-2H3/b6-5+. The molecule has 0 unspecified atom stereocenters. The van der Waals surface area contributed by atoms with Crippen molar-refractivity contribution in [3.05, 3.63) is 51.6 Å². The number of aromatic nitrogens is 1. The Bertz CT molecular complexity index is 694. The summed E-state index contributed by atoms with van der Waals surface area (Å²) in [6.45, 7) is 3.60. The highest BCUT2D eigenvalue weighted by Crippen LogP contribution is 2.24. The molecule has 0 N–H and O–H groups in total. The van der Waals surface area contributed by atoms with Crippen molar-refractivity contribution in [2.24, 2.45) is 0 Å². The van der Waals surface area contributed by atoms with Crippen LogP contribution in [-0.2, 0) is 4.74 Å². The molecule has 2 aromatic rings. The van der Waals surface area contributed by atoms with E-state index in [4.69, 9.17) is 20.9 Å². The molecule has 0 aliphatic rings. The van der Waals surface area contributed by atoms with Crippen LogP contribution in [0.4, 0.5) is 4.39 Å². The van der Waals surface area contributed by atoms with E-state index in [2.05, 4.69) is 5.16 Å². The molecule has 0 aliphatic carbocycles. The van der Waals surface area contributed by atoms with Crippen LogP contribution in [0.3, 0.4) is 0 Å². The molecule has 110 valence electrons. The number of carbonyl (C=O) groups is 1. The van der Waals surface area contributed by atoms with E-state index in [1.807, 2.05) is 0 Å². The maximum absolute atomic E-state index is 13.9. The van der Waals surface area contributed by atoms with Crippen LogP contribution < -0.4 is 0 Å². The summed E-state index contributed by atoms with van der Waals surface area (Å²) in [5.74, 6) is -0.667. The molecule has 0 bridgehead atoms. The number of carbonyl (C=O) groups excluding carboxylic acids is 1. The van der Waals surface area contributed by atoms with Gasteiger partial charge in [0.2, 0.25) is 0 Å². The monoisotopic (exact) mass is 309 g/mol. The third kappa shape index (κ3) is 3.49. The lowest BCUT2D eigenvalue weighted by molar-refractivity contribution is 0.0514. The van der Waals surface area contributed by atoms with E-state index in [1.54, 1.807) is 26.0 Å². The van der Waals surface area contributed by atoms with Crippen LogP contribution >= 0.6 is 11.6 Å². The van der Waals surface area contributed by atoms with E-state index in [-0.39, 0.29) is 17.9 Å². The van der Waals surface area contributed by atoms with E-state index in [1.165, 1.54) is 18.2 Å². The maximum Gasteiger partial charge on any atom is 0.360 e. The highest BCUT2D eigenvalue weighted by Gasteiger charge is 2.12. The summed E-state index contributed by atoms with van der Waals surface area (Å²) in [6.07, 6.45) is 2.96. The van der Waals surface area contributed by atoms with Crippen molar-refractivity contribution in [3.63, 3.8) is 0 Å². The molecule has 1 heterocycles. The number of nitrogens with zero attached hydrogens (tertiary/aromatic N) is 1. The predicted octanol–water partition coefficient (Wildman–Crippen LogP) is 4.12. The minimum Gasteiger partial charge on any atom is -0.461 e. The van der Waals surface area contributed by atoms with Crippen LogP contribution in [0.5, 0.6) is 0 Å². The van der Waals surface area contributed by atoms with Gasteiger partial charge in [0, 0.05) is 11.6 Å². The smallest absolute Gasteiger partial charge is 0.360 e. The molecule has 0 amide bonds. The van der Waals surface area contributed by atoms with Crippen molar-refractivity contribution in [2.45, 2.75) is 13.8 Å². The minimum atomic E-state index is -0.569. The van der Waals surface area contributed by atoms with Gasteiger partial charge in [0.15, 0.2) is 11.5 Å². The van der Waals surface area contributed by atoms with Crippen molar-refractivity contribution in [1.82, 2.24) is 5.16 Å². The quantitative estimate of drug-likeness (QED) is 0.797. The molecule has 0 atom stereocenters. The number of halogens is 2. The van der Waals surface area contributed by atoms with Crippen LogP contribution in [-0.4, -0.2) is 17.7 Å². The molecule has 0 aliphatic heterocycles. The van der Waals surface area contributed by atoms with Crippen molar-refractivity contribution >= 4 is 29.7 Å². The van der Waals surface area contributed by atoms with Crippen molar-refractivity contribution in [3.8, 4) is 0 Å². The van der Waals surface area contributed by atoms with Crippen molar-refractivity contribution < 1.29 is 18.4 Å². The lowest BCUT2D eigenvalue weighted by Gasteiger charge is -2.02. The topological polar surface area (TPSA) is 52.3 Å². The summed E-state index contributed by atoms with van der Waals surface area (Å²) in [5, 5.41) is 3.87. The second-order valence-corrected chi connectivity index (χ2v) is 4.67. The normalized spacial score (nSPS) is 11.0. The van der Waals surface area contributed by atoms with Gasteiger partial charge in [-0.1, -0.05) is 22.8 Å². The second-order valence-electron chi connectivity index (χ2n) is 4.26. The molecule has 2 rings (SSSR count). The fourth-order valence-corrected chi connectivity index (χ4v) is 1.87. The van der Waals surface area contributed by atoms with Gasteiger partial charge in [-0.25, -0.2) is 9.18 Å². The average Bonchev–Trinajstić information content (AvgIpc) is 2.92. The fourth-order valence-electron chi connectivity index (χ4n) is 1.67. The fraction of sp³-hybridized carbons (Fsp3) is 0.200. The predicted molar refractivity (Wildman–Crippen MR) is 77.5 cm³/mol. The zero-order chi connectivity index (χ0) is 15.4. The van der Waals surface area contributed by atoms with Crippen LogP contribution in [0.15, 0.2) is 22.7 Å². The van der Waals surface area contributed by atoms with Gasteiger partial charge in [-0.3, -0.25) is 0 Å². The summed E-state index contributed by atoms with van der Waals surface area (Å²) in [7, 11) is 0. The van der Waals surface area contributed by atoms with Crippen molar-refractivity contribution in [2.75, 3.05) is 6.61 Å². The van der Waals surface area contributed by atoms with Gasteiger partial charge < -0.3 is 9.26 Å². The Hall–Kier alpha value is -2.14. The summed E-state index contributed by atoms with van der Waals surface area (Å²) in [4.78, 5) is 11.4. The van der Waals surface area contributed by atoms with Crippen LogP contribution in [0.2, 0.25) is 5.02 Å². The minimum absolute atomic E-state index is 0.0623. The zero-order valence-corrected chi connectivity index (χ0v) is 12.3. The maximum atomic E-state index is 13.9. The first-order valence-corrected chi connectivity index (χ1v) is 6.67. The summed E-state index contributed by atoms with van der Waals surface area (Å²) in [5.41, 5.74) is 0.807. The first kappa shape index (κ1) is 15.3. The lowest BCUT2D eigenvalue weighted by atomic mass is 10.1. The number of rotatable bonds is 4. The number of hydrogen-bond acceptors (Lipinski definition) is 4. The Morgan fingerprint density at radius 2 is 2.24 bits per heavy atom. The number of ether oxygens (including phenoxy) is 1.